The van der Waals surface area contributed by atoms with Crippen LogP contribution in [0.25, 0.3) is 16.0 Å². The summed E-state index contributed by atoms with van der Waals surface area (Å²) in [5.41, 5.74) is 21.1. The second-order valence-corrected chi connectivity index (χ2v) is 30.5. The first-order valence-electron chi connectivity index (χ1n) is 33.0. The Bertz CT molecular complexity index is 4270. The summed E-state index contributed by atoms with van der Waals surface area (Å²) in [5, 5.41) is 40.9. The van der Waals surface area contributed by atoms with Crippen molar-refractivity contribution in [1.29, 1.82) is 5.26 Å². The van der Waals surface area contributed by atoms with Gasteiger partial charge in [0.05, 0.1) is 146 Å². The number of carbonyl (C=O) groups is 1. The molecule has 37 heteroatoms. The van der Waals surface area contributed by atoms with Crippen molar-refractivity contribution in [2.75, 3.05) is 145 Å². The molecule has 5 saturated heterocycles. The van der Waals surface area contributed by atoms with Gasteiger partial charge in [-0.1, -0.05) is 152 Å². The van der Waals surface area contributed by atoms with Crippen LogP contribution in [0.4, 0.5) is 20.5 Å². The Balaban J connectivity index is 0.000000189. The van der Waals surface area contributed by atoms with Crippen LogP contribution in [-0.2, 0) is 73.6 Å². The molecule has 5 aromatic heterocycles. The van der Waals surface area contributed by atoms with Crippen LogP contribution in [0.15, 0.2) is 72.8 Å². The first kappa shape index (κ1) is 88.2. The minimum absolute atomic E-state index is 0. The van der Waals surface area contributed by atoms with Crippen molar-refractivity contribution in [1.82, 2.24) is 40.6 Å². The van der Waals surface area contributed by atoms with E-state index in [-0.39, 0.29) is 49.6 Å². The maximum atomic E-state index is 12.3. The number of aliphatic hydroxyl groups is 1. The minimum Gasteiger partial charge on any atom is -0.462 e. The second kappa shape index (κ2) is 46.6. The van der Waals surface area contributed by atoms with Gasteiger partial charge in [-0.3, -0.25) is 4.91 Å². The number of aromatic nitrogens is 8. The molecule has 0 aliphatic carbocycles. The maximum absolute atomic E-state index is 12.3. The first-order valence-corrected chi connectivity index (χ1v) is 39.3. The number of aliphatic hydroxyl groups excluding tert-OH is 1. The van der Waals surface area contributed by atoms with E-state index in [0.717, 1.165) is 180 Å². The molecule has 9 aromatic rings. The summed E-state index contributed by atoms with van der Waals surface area (Å²) in [4.78, 5) is 45.3. The number of nitrogens with one attached hydrogen (secondary N) is 1. The average Bonchev–Trinajstić information content (AvgIpc) is 1.67. The van der Waals surface area contributed by atoms with Crippen molar-refractivity contribution in [2.45, 2.75) is 72.3 Å². The van der Waals surface area contributed by atoms with E-state index in [1.54, 1.807) is 65.2 Å². The molecule has 5 fully saturated rings. The predicted molar refractivity (Wildman–Crippen MR) is 423 cm³/mol. The van der Waals surface area contributed by atoms with Crippen LogP contribution in [0.3, 0.4) is 0 Å². The zero-order valence-corrected chi connectivity index (χ0v) is 68.7. The van der Waals surface area contributed by atoms with E-state index in [0.29, 0.717) is 115 Å². The fourth-order valence-corrected chi connectivity index (χ4v) is 16.1. The molecule has 106 heavy (non-hydrogen) atoms. The minimum atomic E-state index is -0.338. The first-order chi connectivity index (χ1) is 50.5. The van der Waals surface area contributed by atoms with Crippen molar-refractivity contribution in [3.63, 3.8) is 0 Å². The molecule has 562 valence electrons. The monoisotopic (exact) mass is 1690 g/mol. The topological polar surface area (TPSA) is 294 Å². The van der Waals surface area contributed by atoms with Gasteiger partial charge in [-0.2, -0.15) is 10.5 Å². The van der Waals surface area contributed by atoms with Crippen LogP contribution < -0.4 is 49.2 Å². The normalized spacial score (nSPS) is 14.7. The van der Waals surface area contributed by atoms with Crippen LogP contribution in [0.1, 0.15) is 102 Å². The van der Waals surface area contributed by atoms with Crippen molar-refractivity contribution in [3.8, 4) is 6.07 Å². The number of hydrogen-bond donors (Lipinski definition) is 2. The average molecular weight is 1690 g/mol. The van der Waals surface area contributed by atoms with E-state index < -0.39 is 0 Å². The molecule has 24 nitrogen and oxygen atoms in total. The largest absolute Gasteiger partial charge is 1.00 e. The molecule has 0 atom stereocenters. The van der Waals surface area contributed by atoms with Gasteiger partial charge in [0.15, 0.2) is 26.4 Å². The number of halogens is 8. The number of hydrogen-bond acceptors (Lipinski definition) is 24. The Kier molecular flexibility index (Phi) is 38.8. The Hall–Kier alpha value is -4.98. The Morgan fingerprint density at radius 1 is 0.519 bits per heavy atom. The number of H-pyrrole nitrogens is 1. The second-order valence-electron chi connectivity index (χ2n) is 23.1. The summed E-state index contributed by atoms with van der Waals surface area (Å²) >= 11 is 54.5. The fraction of sp³-hybridized carbons (Fsp3) is 0.435. The molecule has 0 saturated carbocycles. The molecule has 10 heterocycles. The van der Waals surface area contributed by atoms with Gasteiger partial charge in [-0.15, -0.1) is 32.9 Å². The molecule has 2 N–H and O–H groups in total. The van der Waals surface area contributed by atoms with Crippen LogP contribution in [-0.4, -0.2) is 177 Å². The van der Waals surface area contributed by atoms with E-state index in [1.165, 1.54) is 29.1 Å². The number of benzene rings is 4. The summed E-state index contributed by atoms with van der Waals surface area (Å²) in [5.74, 6) is 0.312. The smallest absolute Gasteiger partial charge is 0.462 e. The number of tetrazole rings is 1. The van der Waals surface area contributed by atoms with E-state index in [4.69, 9.17) is 157 Å². The predicted octanol–water partition coefficient (Wildman–Crippen LogP) is 13.7. The number of aromatic amines is 1. The third-order valence-electron chi connectivity index (χ3n) is 15.9. The van der Waals surface area contributed by atoms with Gasteiger partial charge in [-0.05, 0) is 90.6 Å². The van der Waals surface area contributed by atoms with Gasteiger partial charge in [0, 0.05) is 107 Å². The van der Waals surface area contributed by atoms with Gasteiger partial charge in [-0.25, -0.2) is 24.7 Å². The van der Waals surface area contributed by atoms with E-state index in [1.807, 2.05) is 48.5 Å². The van der Waals surface area contributed by atoms with Crippen molar-refractivity contribution < 1.29 is 67.9 Å². The van der Waals surface area contributed by atoms with Crippen LogP contribution >= 0.6 is 138 Å². The molecule has 0 bridgehead atoms. The zero-order valence-electron chi connectivity index (χ0n) is 57.4. The molecule has 0 amide bonds. The van der Waals surface area contributed by atoms with E-state index in [9.17, 15) is 9.90 Å². The van der Waals surface area contributed by atoms with Crippen LogP contribution in [0.2, 0.25) is 40.2 Å². The molecule has 14 rings (SSSR count). The fourth-order valence-electron chi connectivity index (χ4n) is 10.7. The summed E-state index contributed by atoms with van der Waals surface area (Å²) < 4.78 is 31.7. The Labute approximate surface area is 694 Å². The molecule has 0 radical (unpaired) electrons. The van der Waals surface area contributed by atoms with Crippen molar-refractivity contribution in [3.05, 3.63) is 199 Å². The molecule has 5 aliphatic heterocycles. The number of anilines is 4. The van der Waals surface area contributed by atoms with Gasteiger partial charge in [0.25, 0.3) is 0 Å². The summed E-state index contributed by atoms with van der Waals surface area (Å²) in [6.07, 6.45) is 5.97. The third-order valence-corrected chi connectivity index (χ3v) is 23.5. The number of carbonyl (C=O) groups excluding carboxylic acids is 1. The molecule has 0 unspecified atom stereocenters. The number of morpholine rings is 4. The molecule has 5 aliphatic rings. The van der Waals surface area contributed by atoms with E-state index in [2.05, 4.69) is 46.3 Å². The quantitative estimate of drug-likeness (QED) is 0.0265. The molecule has 0 spiro atoms. The number of rotatable bonds is 18. The van der Waals surface area contributed by atoms with Crippen LogP contribution in [0.5, 0.6) is 0 Å². The number of nitriles is 1. The van der Waals surface area contributed by atoms with Crippen LogP contribution in [0, 0.1) is 11.3 Å². The van der Waals surface area contributed by atoms with Crippen molar-refractivity contribution >= 4 is 165 Å². The van der Waals surface area contributed by atoms with Gasteiger partial charge in [0.2, 0.25) is 0 Å². The van der Waals surface area contributed by atoms with Gasteiger partial charge < -0.3 is 64.2 Å². The Morgan fingerprint density at radius 2 is 0.849 bits per heavy atom. The number of ether oxygens (including phenoxy) is 6. The summed E-state index contributed by atoms with van der Waals surface area (Å²) in [7, 11) is 0. The number of thiazole rings is 4. The number of nitrogens with zero attached hydrogens (tertiary/aromatic N) is 15. The van der Waals surface area contributed by atoms with Gasteiger partial charge in [0.1, 0.15) is 4.88 Å². The summed E-state index contributed by atoms with van der Waals surface area (Å²) in [6.45, 7) is 16.3. The summed E-state index contributed by atoms with van der Waals surface area (Å²) in [6, 6.07) is 24.5. The SMILES string of the molecule is C.C1CCOC1.CCOC(=O)c1sc(N2CCOCC2)nc1Cc1ccc(Cl)c(Cl)c1.Clc1ccc(Cc2nc(N3CCOCC3)sc2Cc2nn[nH]n2)cc1Cl.N#CCc1sc(N2CCOCC2)nc1Cc1ccc(Cl)c(Cl)c1.OCc1sc(N2CCOCC2)nc1Cc1ccc(Cl)c(Cl)c1.[N-]=[N+]=[N-].[Na+]. The van der Waals surface area contributed by atoms with Crippen molar-refractivity contribution in [2.24, 2.45) is 0 Å². The number of esters is 1. The Morgan fingerprint density at radius 3 is 1.18 bits per heavy atom. The molecular weight excluding hydrogens is 1620 g/mol. The van der Waals surface area contributed by atoms with Gasteiger partial charge >= 0.3 is 35.5 Å². The zero-order chi connectivity index (χ0) is 73.7. The molecular formula is C69H77Cl8N16NaO8S4. The standard InChI is InChI=1S/C17H18Cl2N2O3S.C16H16Cl2N6OS.C16H15Cl2N3OS.C15H16Cl2N2O2S.C4H8O.CH4.N3.Na/c1-2-24-16(22)15-14(10-11-3-4-12(18)13(19)9-11)20-17(25-15)21-5-7-23-8-6-21;17-11-2-1-10(7-12(11)18)8-13-14(9-15-20-22-23-21-15)26-16(19-13)24-3-5-25-6-4-24;17-12-2-1-11(9-13(12)18)10-14-15(3-4-19)23-16(20-14)21-5-7-22-8-6-21;16-11-2-1-10(7-12(11)17)8-13-14(9-20)22-15(18-13)19-3-5-21-6-4-19;1-2-4-5-3-1;;1-3-2;/h3-4,9H,2,5-8,10H2,1H3;1-2,7H,3-6,8-9H2,(H,20,21,22,23);1-2,9H,3,5-8,10H2;1-2,7,20H,3-6,8-9H2;1-4H2;1H4;;/q;;;;;;-1;+1. The maximum Gasteiger partial charge on any atom is 1.00 e. The molecule has 4 aromatic carbocycles. The third kappa shape index (κ3) is 27.2. The van der Waals surface area contributed by atoms with E-state index >= 15 is 0 Å².